The van der Waals surface area contributed by atoms with Crippen molar-refractivity contribution < 1.29 is 9.21 Å². The molecule has 0 radical (unpaired) electrons. The maximum atomic E-state index is 11.0. The molecule has 4 N–H and O–H groups in total. The molecule has 1 heterocycles. The first-order valence-electron chi connectivity index (χ1n) is 7.92. The molecule has 0 aliphatic carbocycles. The van der Waals surface area contributed by atoms with E-state index in [1.165, 1.54) is 5.56 Å². The van der Waals surface area contributed by atoms with Crippen LogP contribution in [-0.4, -0.2) is 25.0 Å². The summed E-state index contributed by atoms with van der Waals surface area (Å²) in [4.78, 5) is 15.3. The molecule has 7 heteroatoms. The number of amides is 1. The number of aliphatic imine (C=N–C) groups is 1. The number of rotatable bonds is 6. The second kappa shape index (κ2) is 10.1. The number of guanidine groups is 1. The van der Waals surface area contributed by atoms with Crippen LogP contribution in [0.15, 0.2) is 51.9 Å². The van der Waals surface area contributed by atoms with E-state index in [0.29, 0.717) is 24.2 Å². The van der Waals surface area contributed by atoms with Gasteiger partial charge >= 0.3 is 0 Å². The minimum Gasteiger partial charge on any atom is -0.454 e. The number of furan rings is 1. The van der Waals surface area contributed by atoms with Gasteiger partial charge in [-0.05, 0) is 24.6 Å². The molecule has 0 aliphatic rings. The van der Waals surface area contributed by atoms with Crippen molar-refractivity contribution in [2.45, 2.75) is 32.4 Å². The fourth-order valence-electron chi connectivity index (χ4n) is 2.36. The van der Waals surface area contributed by atoms with Crippen LogP contribution in [0, 0.1) is 0 Å². The summed E-state index contributed by atoms with van der Waals surface area (Å²) in [5, 5.41) is 6.54. The zero-order valence-corrected chi connectivity index (χ0v) is 17.0. The number of primary amides is 1. The fourth-order valence-corrected chi connectivity index (χ4v) is 2.36. The smallest absolute Gasteiger partial charge is 0.284 e. The summed E-state index contributed by atoms with van der Waals surface area (Å²) in [6.45, 7) is 4.70. The summed E-state index contributed by atoms with van der Waals surface area (Å²) in [7, 11) is 1.71. The average Bonchev–Trinajstić information content (AvgIpc) is 3.07. The van der Waals surface area contributed by atoms with Gasteiger partial charge in [-0.1, -0.05) is 37.3 Å². The molecular formula is C18H25IN4O2. The number of carbonyl (C=O) groups excluding carboxylic acids is 1. The Bertz CT molecular complexity index is 700. The maximum absolute atomic E-state index is 11.0. The van der Waals surface area contributed by atoms with Crippen LogP contribution >= 0.6 is 24.0 Å². The molecule has 1 aromatic carbocycles. The lowest BCUT2D eigenvalue weighted by molar-refractivity contribution is 0.0972. The molecule has 2 aromatic rings. The number of benzene rings is 1. The van der Waals surface area contributed by atoms with E-state index >= 15 is 0 Å². The maximum Gasteiger partial charge on any atom is 0.284 e. The van der Waals surface area contributed by atoms with Crippen molar-refractivity contribution in [1.29, 1.82) is 0 Å². The summed E-state index contributed by atoms with van der Waals surface area (Å²) in [6, 6.07) is 13.8. The SMILES string of the molecule is CN=C(NCc1ccc(C(N)=O)o1)NC(C)C(C)c1ccccc1.I. The summed E-state index contributed by atoms with van der Waals surface area (Å²) in [6.07, 6.45) is 0. The number of carbonyl (C=O) groups is 1. The van der Waals surface area contributed by atoms with Gasteiger partial charge in [-0.15, -0.1) is 24.0 Å². The van der Waals surface area contributed by atoms with Crippen LogP contribution in [0.2, 0.25) is 0 Å². The predicted octanol–water partition coefficient (Wildman–Crippen LogP) is 2.85. The number of halogens is 1. The highest BCUT2D eigenvalue weighted by molar-refractivity contribution is 14.0. The predicted molar refractivity (Wildman–Crippen MR) is 110 cm³/mol. The normalized spacial score (nSPS) is 13.5. The van der Waals surface area contributed by atoms with Crippen molar-refractivity contribution in [2.75, 3.05) is 7.05 Å². The molecular weight excluding hydrogens is 431 g/mol. The van der Waals surface area contributed by atoms with E-state index in [-0.39, 0.29) is 35.8 Å². The van der Waals surface area contributed by atoms with Crippen LogP contribution in [0.3, 0.4) is 0 Å². The van der Waals surface area contributed by atoms with Crippen LogP contribution in [0.4, 0.5) is 0 Å². The molecule has 0 bridgehead atoms. The van der Waals surface area contributed by atoms with E-state index in [1.807, 2.05) is 18.2 Å². The van der Waals surface area contributed by atoms with Crippen molar-refractivity contribution in [3.63, 3.8) is 0 Å². The average molecular weight is 456 g/mol. The molecule has 0 saturated carbocycles. The number of hydrogen-bond donors (Lipinski definition) is 3. The first kappa shape index (κ1) is 21.0. The van der Waals surface area contributed by atoms with Gasteiger partial charge in [-0.3, -0.25) is 9.79 Å². The van der Waals surface area contributed by atoms with Gasteiger partial charge in [0.25, 0.3) is 5.91 Å². The Morgan fingerprint density at radius 3 is 2.44 bits per heavy atom. The Kier molecular flexibility index (Phi) is 8.47. The van der Waals surface area contributed by atoms with Gasteiger partial charge in [-0.2, -0.15) is 0 Å². The van der Waals surface area contributed by atoms with Crippen LogP contribution < -0.4 is 16.4 Å². The van der Waals surface area contributed by atoms with Crippen molar-refractivity contribution >= 4 is 35.8 Å². The molecule has 1 amide bonds. The Balaban J connectivity index is 0.00000312. The van der Waals surface area contributed by atoms with Crippen LogP contribution in [0.25, 0.3) is 0 Å². The minimum absolute atomic E-state index is 0. The van der Waals surface area contributed by atoms with Gasteiger partial charge < -0.3 is 20.8 Å². The lowest BCUT2D eigenvalue weighted by Crippen LogP contribution is -2.43. The van der Waals surface area contributed by atoms with Gasteiger partial charge in [0.05, 0.1) is 6.54 Å². The number of nitrogens with one attached hydrogen (secondary N) is 2. The zero-order valence-electron chi connectivity index (χ0n) is 14.7. The summed E-state index contributed by atoms with van der Waals surface area (Å²) in [5.74, 6) is 1.20. The van der Waals surface area contributed by atoms with E-state index in [0.717, 1.165) is 0 Å². The highest BCUT2D eigenvalue weighted by atomic mass is 127. The van der Waals surface area contributed by atoms with E-state index < -0.39 is 5.91 Å². The molecule has 0 aliphatic heterocycles. The third-order valence-electron chi connectivity index (χ3n) is 4.00. The van der Waals surface area contributed by atoms with E-state index in [2.05, 4.69) is 41.6 Å². The molecule has 1 aromatic heterocycles. The zero-order chi connectivity index (χ0) is 17.5. The first-order valence-corrected chi connectivity index (χ1v) is 7.92. The van der Waals surface area contributed by atoms with Crippen molar-refractivity contribution in [1.82, 2.24) is 10.6 Å². The van der Waals surface area contributed by atoms with Gasteiger partial charge in [-0.25, -0.2) is 0 Å². The van der Waals surface area contributed by atoms with Crippen molar-refractivity contribution in [3.05, 3.63) is 59.5 Å². The molecule has 2 unspecified atom stereocenters. The monoisotopic (exact) mass is 456 g/mol. The summed E-state index contributed by atoms with van der Waals surface area (Å²) in [5.41, 5.74) is 6.44. The summed E-state index contributed by atoms with van der Waals surface area (Å²) >= 11 is 0. The Morgan fingerprint density at radius 2 is 1.88 bits per heavy atom. The van der Waals surface area contributed by atoms with E-state index in [9.17, 15) is 4.79 Å². The van der Waals surface area contributed by atoms with Crippen molar-refractivity contribution in [2.24, 2.45) is 10.7 Å². The third-order valence-corrected chi connectivity index (χ3v) is 4.00. The molecule has 2 atom stereocenters. The number of hydrogen-bond acceptors (Lipinski definition) is 3. The van der Waals surface area contributed by atoms with Gasteiger partial charge in [0.2, 0.25) is 0 Å². The molecule has 136 valence electrons. The van der Waals surface area contributed by atoms with Crippen LogP contribution in [0.1, 0.15) is 41.6 Å². The Labute approximate surface area is 165 Å². The molecule has 6 nitrogen and oxygen atoms in total. The Morgan fingerprint density at radius 1 is 1.20 bits per heavy atom. The minimum atomic E-state index is -0.575. The highest BCUT2D eigenvalue weighted by Crippen LogP contribution is 2.18. The van der Waals surface area contributed by atoms with Crippen molar-refractivity contribution in [3.8, 4) is 0 Å². The Hall–Kier alpha value is -2.03. The van der Waals surface area contributed by atoms with Crippen LogP contribution in [-0.2, 0) is 6.54 Å². The van der Waals surface area contributed by atoms with Gasteiger partial charge in [0.15, 0.2) is 11.7 Å². The number of nitrogens with zero attached hydrogens (tertiary/aromatic N) is 1. The van der Waals surface area contributed by atoms with Gasteiger partial charge in [0.1, 0.15) is 5.76 Å². The lowest BCUT2D eigenvalue weighted by atomic mass is 9.94. The topological polar surface area (TPSA) is 92.6 Å². The number of nitrogens with two attached hydrogens (primary N) is 1. The van der Waals surface area contributed by atoms with Crippen LogP contribution in [0.5, 0.6) is 0 Å². The van der Waals surface area contributed by atoms with E-state index in [4.69, 9.17) is 10.2 Å². The van der Waals surface area contributed by atoms with E-state index in [1.54, 1.807) is 19.2 Å². The highest BCUT2D eigenvalue weighted by Gasteiger charge is 2.15. The molecule has 25 heavy (non-hydrogen) atoms. The molecule has 2 rings (SSSR count). The molecule has 0 spiro atoms. The summed E-state index contributed by atoms with van der Waals surface area (Å²) < 4.78 is 5.34. The second-order valence-electron chi connectivity index (χ2n) is 5.69. The third kappa shape index (κ3) is 6.08. The standard InChI is InChI=1S/C18H24N4O2.HI/c1-12(14-7-5-4-6-8-14)13(2)22-18(20-3)21-11-15-9-10-16(24-15)17(19)23;/h4-10,12-13H,11H2,1-3H3,(H2,19,23)(H2,20,21,22);1H. The molecule has 0 saturated heterocycles. The van der Waals surface area contributed by atoms with Gasteiger partial charge in [0, 0.05) is 19.0 Å². The second-order valence-corrected chi connectivity index (χ2v) is 5.69. The quantitative estimate of drug-likeness (QED) is 0.354. The fraction of sp³-hybridized carbons (Fsp3) is 0.333. The lowest BCUT2D eigenvalue weighted by Gasteiger charge is -2.23. The first-order chi connectivity index (χ1) is 11.5. The molecule has 0 fully saturated rings. The largest absolute Gasteiger partial charge is 0.454 e.